The van der Waals surface area contributed by atoms with Crippen molar-refractivity contribution in [3.8, 4) is 11.1 Å². The molecule has 2 N–H and O–H groups in total. The number of benzene rings is 2. The molecule has 96 valence electrons. The fourth-order valence-corrected chi connectivity index (χ4v) is 2.22. The normalized spacial score (nSPS) is 10.7. The largest absolute Gasteiger partial charge is 0.369 e. The topological polar surface area (TPSA) is 43.1 Å². The zero-order chi connectivity index (χ0) is 13.7. The van der Waals surface area contributed by atoms with Gasteiger partial charge in [0.05, 0.1) is 0 Å². The Morgan fingerprint density at radius 3 is 1.89 bits per heavy atom. The summed E-state index contributed by atoms with van der Waals surface area (Å²) in [7, 11) is 0. The van der Waals surface area contributed by atoms with E-state index in [2.05, 4.69) is 55.1 Å². The van der Waals surface area contributed by atoms with Crippen LogP contribution in [0.2, 0.25) is 0 Å². The summed E-state index contributed by atoms with van der Waals surface area (Å²) in [6.45, 7) is 3.30. The van der Waals surface area contributed by atoms with E-state index in [1.807, 2.05) is 0 Å². The van der Waals surface area contributed by atoms with E-state index in [-0.39, 0.29) is 12.3 Å². The number of carbonyl (C=O) groups is 1. The van der Waals surface area contributed by atoms with Gasteiger partial charge >= 0.3 is 0 Å². The van der Waals surface area contributed by atoms with Crippen LogP contribution < -0.4 is 5.73 Å². The average Bonchev–Trinajstić information content (AvgIpc) is 2.78. The van der Waals surface area contributed by atoms with Crippen molar-refractivity contribution in [2.24, 2.45) is 5.73 Å². The molecule has 0 radical (unpaired) electrons. The van der Waals surface area contributed by atoms with Gasteiger partial charge in [-0.3, -0.25) is 4.79 Å². The first-order chi connectivity index (χ1) is 9.22. The van der Waals surface area contributed by atoms with E-state index in [0.29, 0.717) is 0 Å². The summed E-state index contributed by atoms with van der Waals surface area (Å²) >= 11 is 0. The first kappa shape index (κ1) is 13.1. The second-order valence-electron chi connectivity index (χ2n) is 4.45. The van der Waals surface area contributed by atoms with Gasteiger partial charge in [-0.1, -0.05) is 54.6 Å². The Morgan fingerprint density at radius 1 is 1.05 bits per heavy atom. The van der Waals surface area contributed by atoms with Crippen LogP contribution in [0.15, 0.2) is 61.2 Å². The number of amides is 1. The van der Waals surface area contributed by atoms with E-state index in [1.54, 1.807) is 0 Å². The van der Waals surface area contributed by atoms with Crippen LogP contribution in [-0.4, -0.2) is 5.91 Å². The second-order valence-corrected chi connectivity index (χ2v) is 4.45. The lowest BCUT2D eigenvalue weighted by Gasteiger charge is -1.98. The van der Waals surface area contributed by atoms with Crippen molar-refractivity contribution in [1.29, 1.82) is 0 Å². The van der Waals surface area contributed by atoms with Gasteiger partial charge in [-0.2, -0.15) is 0 Å². The summed E-state index contributed by atoms with van der Waals surface area (Å²) in [6.07, 6.45) is 2.86. The van der Waals surface area contributed by atoms with Crippen molar-refractivity contribution in [1.82, 2.24) is 0 Å². The quantitative estimate of drug-likeness (QED) is 0.698. The Kier molecular flexibility index (Phi) is 4.14. The molecule has 0 spiro atoms. The van der Waals surface area contributed by atoms with Crippen molar-refractivity contribution < 1.29 is 4.79 Å². The highest BCUT2D eigenvalue weighted by Crippen LogP contribution is 2.35. The minimum atomic E-state index is -0.329. The zero-order valence-corrected chi connectivity index (χ0v) is 10.8. The molecule has 0 bridgehead atoms. The molecule has 0 saturated carbocycles. The third-order valence-electron chi connectivity index (χ3n) is 3.05. The molecule has 0 atom stereocenters. The van der Waals surface area contributed by atoms with E-state index in [9.17, 15) is 4.79 Å². The lowest BCUT2D eigenvalue weighted by molar-refractivity contribution is -0.117. The van der Waals surface area contributed by atoms with Crippen LogP contribution in [0.3, 0.4) is 0 Å². The maximum atomic E-state index is 9.75. The lowest BCUT2D eigenvalue weighted by Crippen LogP contribution is -2.07. The van der Waals surface area contributed by atoms with Crippen molar-refractivity contribution in [3.05, 3.63) is 72.3 Å². The highest BCUT2D eigenvalue weighted by Gasteiger charge is 2.15. The highest BCUT2D eigenvalue weighted by atomic mass is 16.1. The first-order valence-corrected chi connectivity index (χ1v) is 6.27. The third kappa shape index (κ3) is 3.10. The van der Waals surface area contributed by atoms with Gasteiger partial charge in [0.15, 0.2) is 0 Å². The van der Waals surface area contributed by atoms with E-state index in [0.717, 1.165) is 6.42 Å². The summed E-state index contributed by atoms with van der Waals surface area (Å²) in [6, 6.07) is 17.3. The van der Waals surface area contributed by atoms with E-state index in [4.69, 9.17) is 5.73 Å². The molecule has 1 aliphatic rings. The zero-order valence-electron chi connectivity index (χ0n) is 10.8. The summed E-state index contributed by atoms with van der Waals surface area (Å²) in [5.41, 5.74) is 10.4. The molecule has 0 aliphatic heterocycles. The summed E-state index contributed by atoms with van der Waals surface area (Å²) < 4.78 is 0. The molecule has 19 heavy (non-hydrogen) atoms. The minimum Gasteiger partial charge on any atom is -0.369 e. The van der Waals surface area contributed by atoms with Crippen molar-refractivity contribution >= 4 is 5.91 Å². The molecule has 1 aliphatic carbocycles. The number of hydrogen-bond donors (Lipinski definition) is 1. The Labute approximate surface area is 113 Å². The third-order valence-corrected chi connectivity index (χ3v) is 3.05. The highest BCUT2D eigenvalue weighted by molar-refractivity contribution is 5.76. The van der Waals surface area contributed by atoms with Crippen molar-refractivity contribution in [3.63, 3.8) is 0 Å². The van der Waals surface area contributed by atoms with Gasteiger partial charge in [0.25, 0.3) is 0 Å². The van der Waals surface area contributed by atoms with E-state index < -0.39 is 0 Å². The molecule has 2 nitrogen and oxygen atoms in total. The van der Waals surface area contributed by atoms with Crippen molar-refractivity contribution in [2.45, 2.75) is 12.8 Å². The molecule has 0 unspecified atom stereocenters. The fourth-order valence-electron chi connectivity index (χ4n) is 2.22. The van der Waals surface area contributed by atoms with Crippen LogP contribution in [0.5, 0.6) is 0 Å². The molecule has 2 heteroatoms. The Hall–Kier alpha value is -2.35. The van der Waals surface area contributed by atoms with Crippen LogP contribution in [0, 0.1) is 0 Å². The monoisotopic (exact) mass is 251 g/mol. The van der Waals surface area contributed by atoms with Crippen LogP contribution in [0.4, 0.5) is 0 Å². The van der Waals surface area contributed by atoms with Gasteiger partial charge in [0, 0.05) is 6.42 Å². The van der Waals surface area contributed by atoms with Crippen LogP contribution >= 0.6 is 0 Å². The predicted octanol–water partition coefficient (Wildman–Crippen LogP) is 3.31. The van der Waals surface area contributed by atoms with Gasteiger partial charge in [-0.15, -0.1) is 6.58 Å². The molecule has 0 aromatic heterocycles. The van der Waals surface area contributed by atoms with Crippen LogP contribution in [0.25, 0.3) is 11.1 Å². The van der Waals surface area contributed by atoms with Gasteiger partial charge in [0.1, 0.15) is 0 Å². The average molecular weight is 251 g/mol. The van der Waals surface area contributed by atoms with Crippen LogP contribution in [0.1, 0.15) is 17.5 Å². The minimum absolute atomic E-state index is 0.278. The predicted molar refractivity (Wildman–Crippen MR) is 78.7 cm³/mol. The number of fused-ring (bicyclic) bond motifs is 3. The van der Waals surface area contributed by atoms with Crippen molar-refractivity contribution in [2.75, 3.05) is 0 Å². The maximum absolute atomic E-state index is 9.75. The Bertz CT molecular complexity index is 558. The number of primary amides is 1. The van der Waals surface area contributed by atoms with Gasteiger partial charge < -0.3 is 5.73 Å². The molecular formula is C17H17NO. The first-order valence-electron chi connectivity index (χ1n) is 6.27. The summed E-state index contributed by atoms with van der Waals surface area (Å²) in [4.78, 5) is 9.75. The lowest BCUT2D eigenvalue weighted by atomic mass is 10.1. The smallest absolute Gasteiger partial charge is 0.221 e. The van der Waals surface area contributed by atoms with Gasteiger partial charge in [0.2, 0.25) is 5.91 Å². The van der Waals surface area contributed by atoms with Gasteiger partial charge in [-0.25, -0.2) is 0 Å². The SMILES string of the molecule is C=CCC(N)=O.c1ccc2c(c1)Cc1ccccc1-2. The number of carbonyl (C=O) groups excluding carboxylic acids is 1. The standard InChI is InChI=1S/C13H10.C4H7NO/c1-3-7-12-10(5-1)9-11-6-2-4-8-13(11)12;1-2-3-4(5)6/h1-8H,9H2;2H,1,3H2,(H2,5,6). The summed E-state index contributed by atoms with van der Waals surface area (Å²) in [5, 5.41) is 0. The fraction of sp³-hybridized carbons (Fsp3) is 0.118. The molecule has 2 aromatic carbocycles. The molecule has 1 amide bonds. The Balaban J connectivity index is 0.000000192. The number of hydrogen-bond acceptors (Lipinski definition) is 1. The molecule has 0 saturated heterocycles. The second kappa shape index (κ2) is 6.01. The molecule has 0 heterocycles. The molecule has 0 fully saturated rings. The maximum Gasteiger partial charge on any atom is 0.221 e. The van der Waals surface area contributed by atoms with Crippen LogP contribution in [-0.2, 0) is 11.2 Å². The summed E-state index contributed by atoms with van der Waals surface area (Å²) in [5.74, 6) is -0.329. The number of rotatable bonds is 2. The van der Waals surface area contributed by atoms with Gasteiger partial charge in [-0.05, 0) is 28.7 Å². The molecule has 3 rings (SSSR count). The van der Waals surface area contributed by atoms with E-state index >= 15 is 0 Å². The number of nitrogens with two attached hydrogens (primary N) is 1. The Morgan fingerprint density at radius 2 is 1.53 bits per heavy atom. The molecular weight excluding hydrogens is 234 g/mol. The van der Waals surface area contributed by atoms with E-state index in [1.165, 1.54) is 28.3 Å². The molecule has 2 aromatic rings.